The van der Waals surface area contributed by atoms with Crippen LogP contribution >= 0.6 is 0 Å². The number of methoxy groups -OCH3 is 1. The van der Waals surface area contributed by atoms with E-state index in [2.05, 4.69) is 44.3 Å². The fourth-order valence-electron chi connectivity index (χ4n) is 4.62. The topological polar surface area (TPSA) is 117 Å². The molecule has 1 aromatic carbocycles. The van der Waals surface area contributed by atoms with Crippen molar-refractivity contribution >= 4 is 33.8 Å². The first-order valence-electron chi connectivity index (χ1n) is 11.3. The van der Waals surface area contributed by atoms with Gasteiger partial charge in [-0.1, -0.05) is 0 Å². The van der Waals surface area contributed by atoms with Crippen molar-refractivity contribution in [2.24, 2.45) is 0 Å². The molecule has 0 radical (unpaired) electrons. The number of nitrogens with zero attached hydrogens (tertiary/aromatic N) is 5. The van der Waals surface area contributed by atoms with Crippen molar-refractivity contribution in [3.8, 4) is 6.01 Å². The number of piperazine rings is 1. The molecule has 35 heavy (non-hydrogen) atoms. The van der Waals surface area contributed by atoms with E-state index in [1.807, 2.05) is 6.07 Å². The van der Waals surface area contributed by atoms with E-state index in [0.717, 1.165) is 24.2 Å². The van der Waals surface area contributed by atoms with E-state index in [0.29, 0.717) is 28.9 Å². The SMILES string of the molecule is COc1ncc2c(N3CC(C)NC(C)C3)ccc(C(=O)Nc3cc(F)c4nc(CO)cn4c3)c2n1. The Bertz CT molecular complexity index is 1410. The van der Waals surface area contributed by atoms with Crippen molar-refractivity contribution in [1.29, 1.82) is 0 Å². The number of aliphatic hydroxyl groups excluding tert-OH is 1. The highest BCUT2D eigenvalue weighted by atomic mass is 19.1. The minimum atomic E-state index is -0.617. The highest BCUT2D eigenvalue weighted by Crippen LogP contribution is 2.31. The smallest absolute Gasteiger partial charge is 0.316 e. The highest BCUT2D eigenvalue weighted by molar-refractivity contribution is 6.13. The quantitative estimate of drug-likeness (QED) is 0.400. The van der Waals surface area contributed by atoms with Crippen LogP contribution in [-0.4, -0.2) is 62.6 Å². The van der Waals surface area contributed by atoms with E-state index in [4.69, 9.17) is 4.74 Å². The number of anilines is 2. The molecule has 1 amide bonds. The van der Waals surface area contributed by atoms with Gasteiger partial charge < -0.3 is 29.8 Å². The fourth-order valence-corrected chi connectivity index (χ4v) is 4.62. The van der Waals surface area contributed by atoms with Crippen LogP contribution in [0.1, 0.15) is 29.9 Å². The summed E-state index contributed by atoms with van der Waals surface area (Å²) in [4.78, 5) is 28.3. The van der Waals surface area contributed by atoms with Gasteiger partial charge in [0.2, 0.25) is 0 Å². The average molecular weight is 480 g/mol. The van der Waals surface area contributed by atoms with Crippen molar-refractivity contribution in [2.45, 2.75) is 32.5 Å². The summed E-state index contributed by atoms with van der Waals surface area (Å²) < 4.78 is 21.2. The van der Waals surface area contributed by atoms with Gasteiger partial charge in [0.1, 0.15) is 0 Å². The van der Waals surface area contributed by atoms with Gasteiger partial charge in [-0.25, -0.2) is 14.4 Å². The number of amides is 1. The van der Waals surface area contributed by atoms with Gasteiger partial charge >= 0.3 is 6.01 Å². The minimum Gasteiger partial charge on any atom is -0.467 e. The molecule has 0 spiro atoms. The Morgan fingerprint density at radius 3 is 2.74 bits per heavy atom. The van der Waals surface area contributed by atoms with E-state index in [-0.39, 0.29) is 24.0 Å². The van der Waals surface area contributed by atoms with Gasteiger partial charge in [0.25, 0.3) is 5.91 Å². The van der Waals surface area contributed by atoms with Gasteiger partial charge in [-0.2, -0.15) is 4.98 Å². The first kappa shape index (κ1) is 22.9. The van der Waals surface area contributed by atoms with E-state index in [9.17, 15) is 14.3 Å². The van der Waals surface area contributed by atoms with Crippen LogP contribution in [-0.2, 0) is 6.61 Å². The van der Waals surface area contributed by atoms with E-state index < -0.39 is 11.7 Å². The van der Waals surface area contributed by atoms with E-state index in [1.165, 1.54) is 30.0 Å². The summed E-state index contributed by atoms with van der Waals surface area (Å²) in [7, 11) is 1.47. The van der Waals surface area contributed by atoms with Gasteiger partial charge in [0.05, 0.1) is 36.2 Å². The number of carbonyl (C=O) groups excluding carboxylic acids is 1. The number of hydrogen-bond donors (Lipinski definition) is 3. The van der Waals surface area contributed by atoms with Gasteiger partial charge in [-0.15, -0.1) is 0 Å². The number of aliphatic hydroxyl groups is 1. The van der Waals surface area contributed by atoms with Gasteiger partial charge in [0.15, 0.2) is 11.5 Å². The molecule has 1 fully saturated rings. The average Bonchev–Trinajstić information content (AvgIpc) is 3.26. The summed E-state index contributed by atoms with van der Waals surface area (Å²) in [5.74, 6) is -1.07. The zero-order valence-electron chi connectivity index (χ0n) is 19.6. The third kappa shape index (κ3) is 4.35. The molecule has 3 aromatic heterocycles. The maximum atomic E-state index is 14.6. The molecule has 4 aromatic rings. The van der Waals surface area contributed by atoms with Crippen molar-refractivity contribution in [1.82, 2.24) is 24.7 Å². The Hall–Kier alpha value is -3.83. The molecule has 0 aliphatic carbocycles. The molecule has 1 saturated heterocycles. The lowest BCUT2D eigenvalue weighted by atomic mass is 10.0. The lowest BCUT2D eigenvalue weighted by Crippen LogP contribution is -2.54. The Morgan fingerprint density at radius 2 is 2.03 bits per heavy atom. The summed E-state index contributed by atoms with van der Waals surface area (Å²) in [6.45, 7) is 5.55. The number of rotatable bonds is 5. The fraction of sp³-hybridized carbons (Fsp3) is 0.333. The van der Waals surface area contributed by atoms with Crippen LogP contribution in [0.25, 0.3) is 16.6 Å². The zero-order valence-corrected chi connectivity index (χ0v) is 19.6. The summed E-state index contributed by atoms with van der Waals surface area (Å²) >= 11 is 0. The molecule has 0 bridgehead atoms. The number of benzene rings is 1. The predicted molar refractivity (Wildman–Crippen MR) is 129 cm³/mol. The van der Waals surface area contributed by atoms with Crippen molar-refractivity contribution in [2.75, 3.05) is 30.4 Å². The number of aromatic nitrogens is 4. The summed E-state index contributed by atoms with van der Waals surface area (Å²) in [6, 6.07) is 5.55. The number of nitrogens with one attached hydrogen (secondary N) is 2. The number of pyridine rings is 1. The van der Waals surface area contributed by atoms with Crippen LogP contribution in [0.5, 0.6) is 6.01 Å². The van der Waals surface area contributed by atoms with Gasteiger partial charge in [-0.3, -0.25) is 4.79 Å². The lowest BCUT2D eigenvalue weighted by Gasteiger charge is -2.38. The largest absolute Gasteiger partial charge is 0.467 e. The molecule has 5 rings (SSSR count). The second-order valence-electron chi connectivity index (χ2n) is 8.78. The third-order valence-corrected chi connectivity index (χ3v) is 6.01. The molecule has 11 heteroatoms. The van der Waals surface area contributed by atoms with Crippen LogP contribution in [0.4, 0.5) is 15.8 Å². The molecule has 1 aliphatic heterocycles. The number of halogens is 1. The molecule has 2 unspecified atom stereocenters. The molecule has 3 N–H and O–H groups in total. The number of ether oxygens (including phenoxy) is 1. The molecular formula is C24H26FN7O3. The van der Waals surface area contributed by atoms with Crippen LogP contribution in [0.2, 0.25) is 0 Å². The number of hydrogen-bond acceptors (Lipinski definition) is 8. The Kier molecular flexibility index (Phi) is 5.95. The standard InChI is InChI=1S/C24H26FN7O3/c1-13-8-31(9-14(2)27-13)20-5-4-17(21-18(20)7-26-24(30-21)35-3)23(34)29-15-6-19(25)22-28-16(12-33)11-32(22)10-15/h4-7,10-11,13-14,27,33H,8-9,12H2,1-3H3,(H,29,34). The second-order valence-corrected chi connectivity index (χ2v) is 8.78. The molecule has 10 nitrogen and oxygen atoms in total. The minimum absolute atomic E-state index is 0.0683. The normalized spacial score (nSPS) is 18.3. The van der Waals surface area contributed by atoms with Crippen LogP contribution in [0.3, 0.4) is 0 Å². The first-order chi connectivity index (χ1) is 16.9. The second kappa shape index (κ2) is 9.08. The molecule has 2 atom stereocenters. The molecule has 1 aliphatic rings. The maximum Gasteiger partial charge on any atom is 0.316 e. The van der Waals surface area contributed by atoms with Crippen LogP contribution < -0.4 is 20.3 Å². The molecular weight excluding hydrogens is 453 g/mol. The summed E-state index contributed by atoms with van der Waals surface area (Å²) in [5, 5.41) is 16.3. The van der Waals surface area contributed by atoms with Gasteiger partial charge in [0, 0.05) is 60.9 Å². The van der Waals surface area contributed by atoms with Crippen molar-refractivity contribution in [3.05, 3.63) is 53.9 Å². The predicted octanol–water partition coefficient (Wildman–Crippen LogP) is 2.36. The Balaban J connectivity index is 1.53. The molecule has 0 saturated carbocycles. The van der Waals surface area contributed by atoms with Crippen LogP contribution in [0, 0.1) is 5.82 Å². The highest BCUT2D eigenvalue weighted by Gasteiger charge is 2.25. The van der Waals surface area contributed by atoms with Crippen molar-refractivity contribution < 1.29 is 19.0 Å². The molecule has 4 heterocycles. The number of imidazole rings is 1. The summed E-state index contributed by atoms with van der Waals surface area (Å²) in [5.41, 5.74) is 2.32. The first-order valence-corrected chi connectivity index (χ1v) is 11.3. The lowest BCUT2D eigenvalue weighted by molar-refractivity contribution is 0.102. The number of fused-ring (bicyclic) bond motifs is 2. The monoisotopic (exact) mass is 479 g/mol. The van der Waals surface area contributed by atoms with E-state index in [1.54, 1.807) is 12.3 Å². The summed E-state index contributed by atoms with van der Waals surface area (Å²) in [6.07, 6.45) is 4.71. The maximum absolute atomic E-state index is 14.6. The Labute approximate surface area is 200 Å². The zero-order chi connectivity index (χ0) is 24.7. The van der Waals surface area contributed by atoms with Gasteiger partial charge in [-0.05, 0) is 26.0 Å². The van der Waals surface area contributed by atoms with Crippen LogP contribution in [0.15, 0.2) is 36.8 Å². The number of carbonyl (C=O) groups is 1. The molecule has 182 valence electrons. The van der Waals surface area contributed by atoms with E-state index >= 15 is 0 Å². The third-order valence-electron chi connectivity index (χ3n) is 6.01. The Morgan fingerprint density at radius 1 is 1.26 bits per heavy atom. The van der Waals surface area contributed by atoms with Crippen molar-refractivity contribution in [3.63, 3.8) is 0 Å².